The third-order valence-electron chi connectivity index (χ3n) is 3.11. The second kappa shape index (κ2) is 4.37. The molecule has 0 amide bonds. The first-order chi connectivity index (χ1) is 7.59. The lowest BCUT2D eigenvalue weighted by molar-refractivity contribution is 0.625. The molecule has 0 saturated carbocycles. The van der Waals surface area contributed by atoms with Crippen molar-refractivity contribution in [3.8, 4) is 0 Å². The molecule has 2 unspecified atom stereocenters. The quantitative estimate of drug-likeness (QED) is 0.796. The Morgan fingerprint density at radius 1 is 1.56 bits per heavy atom. The molecule has 16 heavy (non-hydrogen) atoms. The van der Waals surface area contributed by atoms with E-state index >= 15 is 0 Å². The van der Waals surface area contributed by atoms with Crippen LogP contribution in [0.4, 0.5) is 5.69 Å². The van der Waals surface area contributed by atoms with Crippen LogP contribution in [-0.4, -0.2) is 22.6 Å². The number of hydrogen-bond acceptors (Lipinski definition) is 3. The van der Waals surface area contributed by atoms with E-state index in [1.807, 2.05) is 6.07 Å². The van der Waals surface area contributed by atoms with E-state index in [1.54, 1.807) is 6.20 Å². The summed E-state index contributed by atoms with van der Waals surface area (Å²) >= 11 is 5.04. The van der Waals surface area contributed by atoms with Gasteiger partial charge in [-0.25, -0.2) is 0 Å². The second-order valence-electron chi connectivity index (χ2n) is 4.58. The predicted octanol–water partition coefficient (Wildman–Crippen LogP) is 1.95. The number of rotatable bonds is 2. The molecule has 0 spiro atoms. The van der Waals surface area contributed by atoms with Gasteiger partial charge in [-0.05, 0) is 31.4 Å². The van der Waals surface area contributed by atoms with E-state index in [9.17, 15) is 0 Å². The van der Waals surface area contributed by atoms with Crippen LogP contribution in [0, 0.1) is 5.92 Å². The molecule has 1 aromatic rings. The number of hydrogen-bond donors (Lipinski definition) is 1. The monoisotopic (exact) mass is 235 g/mol. The molecule has 2 heterocycles. The van der Waals surface area contributed by atoms with Crippen LogP contribution in [0.1, 0.15) is 26.0 Å². The van der Waals surface area contributed by atoms with Crippen LogP contribution in [0.15, 0.2) is 18.3 Å². The van der Waals surface area contributed by atoms with E-state index in [4.69, 9.17) is 18.0 Å². The van der Waals surface area contributed by atoms with Gasteiger partial charge in [-0.3, -0.25) is 4.98 Å². The van der Waals surface area contributed by atoms with E-state index in [2.05, 4.69) is 29.8 Å². The summed E-state index contributed by atoms with van der Waals surface area (Å²) < 4.78 is 0. The molecule has 2 rings (SSSR count). The summed E-state index contributed by atoms with van der Waals surface area (Å²) in [6.45, 7) is 5.57. The van der Waals surface area contributed by atoms with Crippen molar-refractivity contribution in [1.82, 2.24) is 4.98 Å². The van der Waals surface area contributed by atoms with Crippen LogP contribution < -0.4 is 10.6 Å². The van der Waals surface area contributed by atoms with E-state index in [1.165, 1.54) is 6.42 Å². The van der Waals surface area contributed by atoms with Crippen molar-refractivity contribution in [2.75, 3.05) is 11.4 Å². The zero-order chi connectivity index (χ0) is 11.7. The number of nitrogens with zero attached hydrogens (tertiary/aromatic N) is 2. The molecule has 1 aromatic heterocycles. The Hall–Kier alpha value is -1.16. The normalized spacial score (nSPS) is 24.8. The molecular weight excluding hydrogens is 218 g/mol. The van der Waals surface area contributed by atoms with Gasteiger partial charge in [0.25, 0.3) is 0 Å². The summed E-state index contributed by atoms with van der Waals surface area (Å²) in [5.74, 6) is 0.717. The molecular formula is C12H17N3S. The number of thiocarbonyl (C=S) groups is 1. The van der Waals surface area contributed by atoms with Gasteiger partial charge in [-0.1, -0.05) is 19.1 Å². The number of pyridine rings is 1. The van der Waals surface area contributed by atoms with Gasteiger partial charge in [0.1, 0.15) is 10.7 Å². The van der Waals surface area contributed by atoms with Crippen LogP contribution in [-0.2, 0) is 0 Å². The first-order valence-corrected chi connectivity index (χ1v) is 6.02. The van der Waals surface area contributed by atoms with Crippen molar-refractivity contribution in [2.24, 2.45) is 11.7 Å². The molecule has 2 N–H and O–H groups in total. The van der Waals surface area contributed by atoms with Crippen molar-refractivity contribution in [3.63, 3.8) is 0 Å². The van der Waals surface area contributed by atoms with Gasteiger partial charge < -0.3 is 10.6 Å². The molecule has 1 fully saturated rings. The third kappa shape index (κ3) is 2.02. The van der Waals surface area contributed by atoms with Gasteiger partial charge in [0.15, 0.2) is 0 Å². The molecule has 0 radical (unpaired) electrons. The smallest absolute Gasteiger partial charge is 0.124 e. The molecule has 4 heteroatoms. The maximum Gasteiger partial charge on any atom is 0.124 e. The average Bonchev–Trinajstić information content (AvgIpc) is 2.57. The molecule has 2 atom stereocenters. The van der Waals surface area contributed by atoms with E-state index < -0.39 is 0 Å². The van der Waals surface area contributed by atoms with Gasteiger partial charge in [-0.2, -0.15) is 0 Å². The van der Waals surface area contributed by atoms with Gasteiger partial charge in [0.05, 0.1) is 5.69 Å². The highest BCUT2D eigenvalue weighted by Crippen LogP contribution is 2.30. The van der Waals surface area contributed by atoms with Gasteiger partial charge in [0, 0.05) is 18.8 Å². The molecule has 0 aromatic carbocycles. The topological polar surface area (TPSA) is 42.2 Å². The van der Waals surface area contributed by atoms with E-state index in [0.717, 1.165) is 23.8 Å². The number of nitrogens with two attached hydrogens (primary N) is 1. The van der Waals surface area contributed by atoms with Crippen LogP contribution in [0.2, 0.25) is 0 Å². The largest absolute Gasteiger partial charge is 0.388 e. The lowest BCUT2D eigenvalue weighted by Gasteiger charge is -2.25. The SMILES string of the molecule is CC1CC(C)N(c2cccnc2C(N)=S)C1. The molecule has 0 aliphatic carbocycles. The van der Waals surface area contributed by atoms with Crippen molar-refractivity contribution in [2.45, 2.75) is 26.3 Å². The minimum absolute atomic E-state index is 0.377. The fourth-order valence-corrected chi connectivity index (χ4v) is 2.61. The zero-order valence-electron chi connectivity index (χ0n) is 9.68. The standard InChI is InChI=1S/C12H17N3S/c1-8-6-9(2)15(7-8)10-4-3-5-14-11(10)12(13)16/h3-5,8-9H,6-7H2,1-2H3,(H2,13,16). The summed E-state index contributed by atoms with van der Waals surface area (Å²) in [4.78, 5) is 7.00. The maximum atomic E-state index is 5.70. The third-order valence-corrected chi connectivity index (χ3v) is 3.31. The highest BCUT2D eigenvalue weighted by atomic mass is 32.1. The second-order valence-corrected chi connectivity index (χ2v) is 5.02. The maximum absolute atomic E-state index is 5.70. The Bertz CT molecular complexity index is 405. The van der Waals surface area contributed by atoms with Crippen LogP contribution in [0.3, 0.4) is 0 Å². The fourth-order valence-electron chi connectivity index (χ4n) is 2.45. The Labute approximate surface area is 102 Å². The van der Waals surface area contributed by atoms with E-state index in [0.29, 0.717) is 11.0 Å². The van der Waals surface area contributed by atoms with Crippen molar-refractivity contribution >= 4 is 22.9 Å². The Morgan fingerprint density at radius 2 is 2.31 bits per heavy atom. The molecule has 0 bridgehead atoms. The summed E-state index contributed by atoms with van der Waals surface area (Å²) in [7, 11) is 0. The van der Waals surface area contributed by atoms with Crippen molar-refractivity contribution in [1.29, 1.82) is 0 Å². The molecule has 1 aliphatic rings. The fraction of sp³-hybridized carbons (Fsp3) is 0.500. The Morgan fingerprint density at radius 3 is 2.88 bits per heavy atom. The van der Waals surface area contributed by atoms with Crippen molar-refractivity contribution < 1.29 is 0 Å². The minimum atomic E-state index is 0.377. The molecule has 1 aliphatic heterocycles. The van der Waals surface area contributed by atoms with Crippen LogP contribution >= 0.6 is 12.2 Å². The lowest BCUT2D eigenvalue weighted by Crippen LogP contribution is -2.29. The lowest BCUT2D eigenvalue weighted by atomic mass is 10.1. The first-order valence-electron chi connectivity index (χ1n) is 5.61. The Balaban J connectivity index is 2.36. The van der Waals surface area contributed by atoms with Gasteiger partial charge in [-0.15, -0.1) is 0 Å². The molecule has 3 nitrogen and oxygen atoms in total. The summed E-state index contributed by atoms with van der Waals surface area (Å²) in [6.07, 6.45) is 2.95. The number of aromatic nitrogens is 1. The first kappa shape index (κ1) is 11.3. The average molecular weight is 235 g/mol. The van der Waals surface area contributed by atoms with Crippen LogP contribution in [0.25, 0.3) is 0 Å². The number of anilines is 1. The van der Waals surface area contributed by atoms with Crippen molar-refractivity contribution in [3.05, 3.63) is 24.0 Å². The van der Waals surface area contributed by atoms with Gasteiger partial charge in [0.2, 0.25) is 0 Å². The Kier molecular flexibility index (Phi) is 3.10. The highest BCUT2D eigenvalue weighted by molar-refractivity contribution is 7.80. The highest BCUT2D eigenvalue weighted by Gasteiger charge is 2.28. The summed E-state index contributed by atoms with van der Waals surface area (Å²) in [5, 5.41) is 0. The summed E-state index contributed by atoms with van der Waals surface area (Å²) in [5.41, 5.74) is 7.53. The van der Waals surface area contributed by atoms with Gasteiger partial charge >= 0.3 is 0 Å². The van der Waals surface area contributed by atoms with E-state index in [-0.39, 0.29) is 0 Å². The predicted molar refractivity (Wildman–Crippen MR) is 70.7 cm³/mol. The minimum Gasteiger partial charge on any atom is -0.388 e. The van der Waals surface area contributed by atoms with Crippen LogP contribution in [0.5, 0.6) is 0 Å². The molecule has 86 valence electrons. The molecule has 1 saturated heterocycles. The zero-order valence-corrected chi connectivity index (χ0v) is 10.5. The summed E-state index contributed by atoms with van der Waals surface area (Å²) in [6, 6.07) is 4.52.